The van der Waals surface area contributed by atoms with Crippen LogP contribution in [0.15, 0.2) is 108 Å². The van der Waals surface area contributed by atoms with E-state index in [1.807, 2.05) is 24.3 Å². The Kier molecular flexibility index (Phi) is 11.9. The Bertz CT molecular complexity index is 1690. The standard InChI is InChI=1S/C38H42N4O3S/c1-28-19-21-30(22-20-28)27-46-38-41-40-36(42(38)25-23-29-12-4-3-5-13-29)32(26-31-14-6-9-18-35(31)45-2)15-10-11-24-39-37(44)33-16-7-8-17-34(33)43/h3-9,12-14,16-22,32,43H,10-11,15,23-27H2,1-2H3,(H,39,44). The van der Waals surface area contributed by atoms with Crippen LogP contribution in [0.1, 0.15) is 63.6 Å². The monoisotopic (exact) mass is 634 g/mol. The average molecular weight is 635 g/mol. The van der Waals surface area contributed by atoms with Crippen molar-refractivity contribution in [1.82, 2.24) is 20.1 Å². The van der Waals surface area contributed by atoms with Gasteiger partial charge in [0.05, 0.1) is 12.7 Å². The highest BCUT2D eigenvalue weighted by atomic mass is 32.2. The second-order valence-corrected chi connectivity index (χ2v) is 12.4. The van der Waals surface area contributed by atoms with Gasteiger partial charge in [-0.05, 0) is 67.5 Å². The molecule has 1 heterocycles. The van der Waals surface area contributed by atoms with Gasteiger partial charge in [-0.15, -0.1) is 10.2 Å². The fourth-order valence-electron chi connectivity index (χ4n) is 5.57. The zero-order valence-electron chi connectivity index (χ0n) is 26.6. The van der Waals surface area contributed by atoms with Crippen LogP contribution < -0.4 is 10.1 Å². The van der Waals surface area contributed by atoms with Crippen LogP contribution in [0, 0.1) is 6.92 Å². The molecule has 7 nitrogen and oxygen atoms in total. The van der Waals surface area contributed by atoms with E-state index >= 15 is 0 Å². The Balaban J connectivity index is 1.35. The average Bonchev–Trinajstić information content (AvgIpc) is 3.49. The number of hydrogen-bond acceptors (Lipinski definition) is 6. The Morgan fingerprint density at radius 1 is 0.891 bits per heavy atom. The summed E-state index contributed by atoms with van der Waals surface area (Å²) in [5.74, 6) is 2.49. The molecular formula is C38H42N4O3S. The van der Waals surface area contributed by atoms with Crippen LogP contribution in [-0.2, 0) is 25.1 Å². The van der Waals surface area contributed by atoms with Crippen molar-refractivity contribution in [3.8, 4) is 11.5 Å². The summed E-state index contributed by atoms with van der Waals surface area (Å²) in [6.45, 7) is 3.40. The fourth-order valence-corrected chi connectivity index (χ4v) is 6.50. The fraction of sp³-hybridized carbons (Fsp3) is 0.289. The lowest BCUT2D eigenvalue weighted by Gasteiger charge is -2.20. The highest BCUT2D eigenvalue weighted by Gasteiger charge is 2.23. The second-order valence-electron chi connectivity index (χ2n) is 11.5. The molecule has 0 aliphatic carbocycles. The molecule has 0 fully saturated rings. The number of hydrogen-bond donors (Lipinski definition) is 2. The zero-order chi connectivity index (χ0) is 32.1. The van der Waals surface area contributed by atoms with Gasteiger partial charge in [0.15, 0.2) is 5.16 Å². The van der Waals surface area contributed by atoms with Gasteiger partial charge in [-0.2, -0.15) is 0 Å². The lowest BCUT2D eigenvalue weighted by molar-refractivity contribution is 0.0950. The van der Waals surface area contributed by atoms with Crippen LogP contribution in [-0.4, -0.2) is 39.4 Å². The molecule has 1 amide bonds. The minimum Gasteiger partial charge on any atom is -0.507 e. The van der Waals surface area contributed by atoms with Crippen molar-refractivity contribution < 1.29 is 14.6 Å². The van der Waals surface area contributed by atoms with Gasteiger partial charge in [0.1, 0.15) is 17.3 Å². The van der Waals surface area contributed by atoms with Crippen LogP contribution >= 0.6 is 11.8 Å². The number of thioether (sulfide) groups is 1. The zero-order valence-corrected chi connectivity index (χ0v) is 27.4. The van der Waals surface area contributed by atoms with Crippen molar-refractivity contribution in [3.05, 3.63) is 137 Å². The number of methoxy groups -OCH3 is 1. The molecule has 4 aromatic carbocycles. The summed E-state index contributed by atoms with van der Waals surface area (Å²) in [4.78, 5) is 12.6. The number of carbonyl (C=O) groups is 1. The van der Waals surface area contributed by atoms with E-state index in [2.05, 4.69) is 71.4 Å². The smallest absolute Gasteiger partial charge is 0.255 e. The molecule has 0 saturated carbocycles. The Labute approximate surface area is 276 Å². The van der Waals surface area contributed by atoms with Gasteiger partial charge in [-0.1, -0.05) is 109 Å². The lowest BCUT2D eigenvalue weighted by Crippen LogP contribution is -2.24. The van der Waals surface area contributed by atoms with Gasteiger partial charge in [0.2, 0.25) is 0 Å². The molecule has 238 valence electrons. The van der Waals surface area contributed by atoms with Crippen molar-refractivity contribution in [2.75, 3.05) is 13.7 Å². The van der Waals surface area contributed by atoms with Crippen molar-refractivity contribution in [3.63, 3.8) is 0 Å². The van der Waals surface area contributed by atoms with Gasteiger partial charge in [0, 0.05) is 24.8 Å². The summed E-state index contributed by atoms with van der Waals surface area (Å²) in [7, 11) is 1.71. The molecule has 2 N–H and O–H groups in total. The molecule has 0 bridgehead atoms. The first-order valence-corrected chi connectivity index (χ1v) is 16.8. The first kappa shape index (κ1) is 32.8. The highest BCUT2D eigenvalue weighted by Crippen LogP contribution is 2.32. The molecule has 1 atom stereocenters. The lowest BCUT2D eigenvalue weighted by atomic mass is 9.92. The van der Waals surface area contributed by atoms with Crippen LogP contribution in [0.25, 0.3) is 0 Å². The number of aromatic nitrogens is 3. The first-order valence-electron chi connectivity index (χ1n) is 15.8. The topological polar surface area (TPSA) is 89.3 Å². The quantitative estimate of drug-likeness (QED) is 0.0852. The molecule has 5 rings (SSSR count). The van der Waals surface area contributed by atoms with E-state index in [0.29, 0.717) is 12.1 Å². The van der Waals surface area contributed by atoms with Gasteiger partial charge in [-0.25, -0.2) is 0 Å². The predicted octanol–water partition coefficient (Wildman–Crippen LogP) is 7.76. The van der Waals surface area contributed by atoms with Gasteiger partial charge in [0.25, 0.3) is 5.91 Å². The number of phenols is 1. The number of nitrogens with zero attached hydrogens (tertiary/aromatic N) is 3. The van der Waals surface area contributed by atoms with Gasteiger partial charge in [-0.3, -0.25) is 4.79 Å². The van der Waals surface area contributed by atoms with E-state index in [-0.39, 0.29) is 17.6 Å². The number of phenolic OH excluding ortho intramolecular Hbond substituents is 1. The Morgan fingerprint density at radius 3 is 2.41 bits per heavy atom. The third-order valence-corrected chi connectivity index (χ3v) is 9.18. The van der Waals surface area contributed by atoms with E-state index in [1.54, 1.807) is 37.1 Å². The van der Waals surface area contributed by atoms with Crippen LogP contribution in [0.5, 0.6) is 11.5 Å². The molecule has 0 aliphatic rings. The van der Waals surface area contributed by atoms with Crippen molar-refractivity contribution in [2.45, 2.75) is 62.4 Å². The Hall–Kier alpha value is -4.56. The van der Waals surface area contributed by atoms with E-state index in [9.17, 15) is 9.90 Å². The molecule has 0 aliphatic heterocycles. The van der Waals surface area contributed by atoms with Crippen LogP contribution in [0.4, 0.5) is 0 Å². The Morgan fingerprint density at radius 2 is 1.63 bits per heavy atom. The van der Waals surface area contributed by atoms with Crippen LogP contribution in [0.3, 0.4) is 0 Å². The molecule has 1 unspecified atom stereocenters. The molecule has 46 heavy (non-hydrogen) atoms. The normalized spacial score (nSPS) is 11.7. The summed E-state index contributed by atoms with van der Waals surface area (Å²) in [5.41, 5.74) is 5.20. The molecule has 0 spiro atoms. The van der Waals surface area contributed by atoms with E-state index in [4.69, 9.17) is 14.9 Å². The molecule has 0 radical (unpaired) electrons. The number of ether oxygens (including phenoxy) is 1. The number of rotatable bonds is 16. The first-order chi connectivity index (χ1) is 22.5. The summed E-state index contributed by atoms with van der Waals surface area (Å²) < 4.78 is 8.04. The van der Waals surface area contributed by atoms with Gasteiger partial charge >= 0.3 is 0 Å². The molecule has 5 aromatic rings. The maximum atomic E-state index is 12.6. The third-order valence-electron chi connectivity index (χ3n) is 8.14. The van der Waals surface area contributed by atoms with Gasteiger partial charge < -0.3 is 19.7 Å². The summed E-state index contributed by atoms with van der Waals surface area (Å²) in [5, 5.41) is 23.5. The summed E-state index contributed by atoms with van der Waals surface area (Å²) in [6.07, 6.45) is 4.20. The second kappa shape index (κ2) is 16.7. The summed E-state index contributed by atoms with van der Waals surface area (Å²) >= 11 is 1.72. The molecule has 1 aromatic heterocycles. The molecule has 8 heteroatoms. The minimum atomic E-state index is -0.264. The predicted molar refractivity (Wildman–Crippen MR) is 185 cm³/mol. The molecule has 0 saturated heterocycles. The number of nitrogens with one attached hydrogen (secondary N) is 1. The number of unbranched alkanes of at least 4 members (excludes halogenated alkanes) is 1. The van der Waals surface area contributed by atoms with E-state index in [0.717, 1.165) is 66.7 Å². The largest absolute Gasteiger partial charge is 0.507 e. The number of benzene rings is 4. The van der Waals surface area contributed by atoms with E-state index in [1.165, 1.54) is 22.8 Å². The van der Waals surface area contributed by atoms with E-state index < -0.39 is 0 Å². The minimum absolute atomic E-state index is 0.0113. The number of carbonyl (C=O) groups excluding carboxylic acids is 1. The number of para-hydroxylation sites is 2. The maximum Gasteiger partial charge on any atom is 0.255 e. The molecular weight excluding hydrogens is 593 g/mol. The summed E-state index contributed by atoms with van der Waals surface area (Å²) in [6, 6.07) is 34.0. The highest BCUT2D eigenvalue weighted by molar-refractivity contribution is 7.98. The number of aryl methyl sites for hydroxylation is 2. The third kappa shape index (κ3) is 9.01. The SMILES string of the molecule is COc1ccccc1CC(CCCCNC(=O)c1ccccc1O)c1nnc(SCc2ccc(C)cc2)n1CCc1ccccc1. The van der Waals surface area contributed by atoms with Crippen molar-refractivity contribution in [2.24, 2.45) is 0 Å². The van der Waals surface area contributed by atoms with Crippen molar-refractivity contribution >= 4 is 17.7 Å². The number of aromatic hydroxyl groups is 1. The maximum absolute atomic E-state index is 12.6. The van der Waals surface area contributed by atoms with Crippen LogP contribution in [0.2, 0.25) is 0 Å². The number of amides is 1. The van der Waals surface area contributed by atoms with Crippen molar-refractivity contribution in [1.29, 1.82) is 0 Å².